The Morgan fingerprint density at radius 3 is 1.27 bits per heavy atom. The minimum Gasteiger partial charge on any atom is -0.244 e. The molecule has 0 aliphatic carbocycles. The Kier molecular flexibility index (Phi) is 4.44. The third kappa shape index (κ3) is 5.85. The molecule has 0 aromatic rings. The van der Waals surface area contributed by atoms with Gasteiger partial charge in [-0.05, 0) is 0 Å². The zero-order chi connectivity index (χ0) is 12.3. The van der Waals surface area contributed by atoms with Crippen molar-refractivity contribution in [2.75, 3.05) is 24.9 Å². The smallest absolute Gasteiger partial charge is 0.244 e. The first-order valence-corrected chi connectivity index (χ1v) is 5.44. The molecule has 0 rings (SSSR count). The topological polar surface area (TPSA) is 34.1 Å². The highest BCUT2D eigenvalue weighted by molar-refractivity contribution is 7.91. The monoisotopic (exact) mass is 258 g/mol. The molecule has 0 saturated carbocycles. The van der Waals surface area contributed by atoms with E-state index in [4.69, 9.17) is 0 Å². The van der Waals surface area contributed by atoms with Crippen LogP contribution in [-0.4, -0.2) is 45.1 Å². The standard InChI is InChI=1S/C6H8F6O2S/c7-1-5(9,10)3-15(13,14)4-6(11,12)2-8/h1-4H2. The van der Waals surface area contributed by atoms with E-state index in [9.17, 15) is 34.8 Å². The largest absolute Gasteiger partial charge is 0.289 e. The molecule has 0 atom stereocenters. The quantitative estimate of drug-likeness (QED) is 0.678. The Balaban J connectivity index is 4.59. The number of hydrogen-bond donors (Lipinski definition) is 0. The van der Waals surface area contributed by atoms with E-state index < -0.39 is 46.5 Å². The van der Waals surface area contributed by atoms with Crippen LogP contribution in [0.5, 0.6) is 0 Å². The van der Waals surface area contributed by atoms with E-state index >= 15 is 0 Å². The summed E-state index contributed by atoms with van der Waals surface area (Å²) in [5, 5.41) is 0. The summed E-state index contributed by atoms with van der Waals surface area (Å²) < 4.78 is 93.4. The molecule has 0 heterocycles. The Hall–Kier alpha value is -0.470. The Morgan fingerprint density at radius 1 is 0.800 bits per heavy atom. The molecule has 0 aromatic heterocycles. The van der Waals surface area contributed by atoms with Gasteiger partial charge in [0.15, 0.2) is 23.2 Å². The number of halogens is 6. The van der Waals surface area contributed by atoms with Gasteiger partial charge in [-0.15, -0.1) is 0 Å². The molecule has 9 heteroatoms. The third-order valence-electron chi connectivity index (χ3n) is 1.25. The normalized spacial score (nSPS) is 14.3. The second-order valence-electron chi connectivity index (χ2n) is 3.01. The van der Waals surface area contributed by atoms with Crippen molar-refractivity contribution in [1.29, 1.82) is 0 Å². The summed E-state index contributed by atoms with van der Waals surface area (Å²) in [5.41, 5.74) is 0. The molecule has 0 unspecified atom stereocenters. The fourth-order valence-corrected chi connectivity index (χ4v) is 2.31. The number of hydrogen-bond acceptors (Lipinski definition) is 2. The molecular formula is C6H8F6O2S. The van der Waals surface area contributed by atoms with E-state index in [0.717, 1.165) is 0 Å². The maximum atomic E-state index is 12.2. The Labute approximate surface area is 82.2 Å². The van der Waals surface area contributed by atoms with Crippen LogP contribution in [0.1, 0.15) is 0 Å². The van der Waals surface area contributed by atoms with Crippen molar-refractivity contribution in [1.82, 2.24) is 0 Å². The first-order valence-electron chi connectivity index (χ1n) is 3.62. The summed E-state index contributed by atoms with van der Waals surface area (Å²) in [6.07, 6.45) is 0. The summed E-state index contributed by atoms with van der Waals surface area (Å²) in [7, 11) is -4.90. The zero-order valence-electron chi connectivity index (χ0n) is 7.32. The molecule has 0 aliphatic heterocycles. The Bertz CT molecular complexity index is 275. The first-order chi connectivity index (χ1) is 6.54. The average Bonchev–Trinajstić information content (AvgIpc) is 2.00. The molecule has 0 saturated heterocycles. The summed E-state index contributed by atoms with van der Waals surface area (Å²) in [6, 6.07) is 0. The van der Waals surface area contributed by atoms with Gasteiger partial charge in [0.2, 0.25) is 0 Å². The molecule has 15 heavy (non-hydrogen) atoms. The predicted octanol–water partition coefficient (Wildman–Crippen LogP) is 1.61. The molecule has 2 nitrogen and oxygen atoms in total. The molecule has 0 amide bonds. The summed E-state index contributed by atoms with van der Waals surface area (Å²) in [6.45, 7) is -4.54. The lowest BCUT2D eigenvalue weighted by atomic mass is 10.4. The van der Waals surface area contributed by atoms with Crippen molar-refractivity contribution in [3.63, 3.8) is 0 Å². The maximum Gasteiger partial charge on any atom is 0.289 e. The highest BCUT2D eigenvalue weighted by atomic mass is 32.2. The lowest BCUT2D eigenvalue weighted by Gasteiger charge is -2.15. The van der Waals surface area contributed by atoms with Gasteiger partial charge < -0.3 is 0 Å². The summed E-state index contributed by atoms with van der Waals surface area (Å²) in [4.78, 5) is 0. The summed E-state index contributed by atoms with van der Waals surface area (Å²) >= 11 is 0. The highest BCUT2D eigenvalue weighted by Gasteiger charge is 2.42. The zero-order valence-corrected chi connectivity index (χ0v) is 8.14. The van der Waals surface area contributed by atoms with E-state index in [1.807, 2.05) is 0 Å². The fraction of sp³-hybridized carbons (Fsp3) is 1.00. The molecule has 0 spiro atoms. The average molecular weight is 258 g/mol. The number of rotatable bonds is 6. The molecule has 92 valence electrons. The van der Waals surface area contributed by atoms with Gasteiger partial charge in [0.25, 0.3) is 11.8 Å². The Morgan fingerprint density at radius 2 is 1.07 bits per heavy atom. The van der Waals surface area contributed by atoms with Gasteiger partial charge in [0.05, 0.1) is 0 Å². The third-order valence-corrected chi connectivity index (χ3v) is 2.98. The van der Waals surface area contributed by atoms with E-state index in [1.165, 1.54) is 0 Å². The highest BCUT2D eigenvalue weighted by Crippen LogP contribution is 2.22. The molecule has 0 fully saturated rings. The molecule has 0 bridgehead atoms. The molecule has 0 aliphatic rings. The minimum absolute atomic E-state index is 2.05. The minimum atomic E-state index is -4.90. The van der Waals surface area contributed by atoms with Gasteiger partial charge in [-0.1, -0.05) is 0 Å². The van der Waals surface area contributed by atoms with Gasteiger partial charge in [-0.3, -0.25) is 0 Å². The maximum absolute atomic E-state index is 12.2. The van der Waals surface area contributed by atoms with E-state index in [-0.39, 0.29) is 0 Å². The van der Waals surface area contributed by atoms with Crippen LogP contribution in [0.3, 0.4) is 0 Å². The molecule has 0 aromatic carbocycles. The SMILES string of the molecule is O=S(=O)(CC(F)(F)CF)CC(F)(F)CF. The molecule has 0 N–H and O–H groups in total. The van der Waals surface area contributed by atoms with Crippen LogP contribution in [0.2, 0.25) is 0 Å². The molecular weight excluding hydrogens is 250 g/mol. The number of alkyl halides is 6. The first kappa shape index (κ1) is 14.5. The number of sulfone groups is 1. The van der Waals surface area contributed by atoms with Gasteiger partial charge in [0, 0.05) is 0 Å². The van der Waals surface area contributed by atoms with E-state index in [2.05, 4.69) is 0 Å². The van der Waals surface area contributed by atoms with Crippen molar-refractivity contribution < 1.29 is 34.8 Å². The van der Waals surface area contributed by atoms with Crippen molar-refractivity contribution in [2.24, 2.45) is 0 Å². The van der Waals surface area contributed by atoms with Crippen LogP contribution in [0.4, 0.5) is 26.3 Å². The summed E-state index contributed by atoms with van der Waals surface area (Å²) in [5.74, 6) is -12.5. The fourth-order valence-electron chi connectivity index (χ4n) is 0.772. The van der Waals surface area contributed by atoms with E-state index in [0.29, 0.717) is 0 Å². The second kappa shape index (κ2) is 4.58. The predicted molar refractivity (Wildman–Crippen MR) is 40.5 cm³/mol. The lowest BCUT2D eigenvalue weighted by Crippen LogP contribution is -2.37. The van der Waals surface area contributed by atoms with Gasteiger partial charge in [-0.2, -0.15) is 0 Å². The second-order valence-corrected chi connectivity index (χ2v) is 5.08. The van der Waals surface area contributed by atoms with Crippen molar-refractivity contribution in [3.8, 4) is 0 Å². The van der Waals surface area contributed by atoms with Crippen molar-refractivity contribution in [2.45, 2.75) is 11.8 Å². The molecule has 0 radical (unpaired) electrons. The van der Waals surface area contributed by atoms with Crippen LogP contribution in [0, 0.1) is 0 Å². The van der Waals surface area contributed by atoms with Crippen LogP contribution < -0.4 is 0 Å². The van der Waals surface area contributed by atoms with Gasteiger partial charge >= 0.3 is 0 Å². The van der Waals surface area contributed by atoms with Gasteiger partial charge in [-0.25, -0.2) is 34.8 Å². The van der Waals surface area contributed by atoms with Crippen LogP contribution in [-0.2, 0) is 9.84 Å². The van der Waals surface area contributed by atoms with Crippen LogP contribution >= 0.6 is 0 Å². The van der Waals surface area contributed by atoms with Crippen molar-refractivity contribution >= 4 is 9.84 Å². The van der Waals surface area contributed by atoms with E-state index in [1.54, 1.807) is 0 Å². The van der Waals surface area contributed by atoms with Gasteiger partial charge in [0.1, 0.15) is 11.5 Å². The van der Waals surface area contributed by atoms with Crippen molar-refractivity contribution in [3.05, 3.63) is 0 Å². The van der Waals surface area contributed by atoms with Crippen LogP contribution in [0.15, 0.2) is 0 Å². The van der Waals surface area contributed by atoms with Crippen LogP contribution in [0.25, 0.3) is 0 Å². The lowest BCUT2D eigenvalue weighted by molar-refractivity contribution is -0.00621.